The number of carbonyl (C=O) groups excluding carboxylic acids is 1. The highest BCUT2D eigenvalue weighted by molar-refractivity contribution is 5.97. The van der Waals surface area contributed by atoms with Crippen LogP contribution in [0.4, 0.5) is 5.69 Å². The molecular formula is C12H18N2O. The zero-order valence-electron chi connectivity index (χ0n) is 9.72. The maximum Gasteiger partial charge on any atom is 0.252 e. The van der Waals surface area contributed by atoms with Crippen LogP contribution >= 0.6 is 0 Å². The van der Waals surface area contributed by atoms with Gasteiger partial charge in [-0.3, -0.25) is 4.79 Å². The van der Waals surface area contributed by atoms with Gasteiger partial charge in [0, 0.05) is 16.8 Å². The quantitative estimate of drug-likeness (QED) is 0.691. The van der Waals surface area contributed by atoms with Crippen LogP contribution in [0.2, 0.25) is 0 Å². The monoisotopic (exact) mass is 206 g/mol. The third-order valence-electron chi connectivity index (χ3n) is 2.11. The number of hydrogen-bond donors (Lipinski definition) is 2. The molecule has 0 unspecified atom stereocenters. The van der Waals surface area contributed by atoms with Crippen molar-refractivity contribution in [2.75, 3.05) is 5.73 Å². The molecule has 0 aliphatic heterocycles. The number of nitrogens with two attached hydrogens (primary N) is 1. The highest BCUT2D eigenvalue weighted by atomic mass is 16.1. The van der Waals surface area contributed by atoms with E-state index in [0.29, 0.717) is 11.3 Å². The van der Waals surface area contributed by atoms with Crippen LogP contribution in [0.1, 0.15) is 36.7 Å². The van der Waals surface area contributed by atoms with Gasteiger partial charge in [0.2, 0.25) is 0 Å². The van der Waals surface area contributed by atoms with Crippen molar-refractivity contribution in [1.29, 1.82) is 0 Å². The lowest BCUT2D eigenvalue weighted by Gasteiger charge is -2.21. The maximum absolute atomic E-state index is 11.9. The Morgan fingerprint density at radius 2 is 1.93 bits per heavy atom. The average molecular weight is 206 g/mol. The number of nitrogens with one attached hydrogen (secondary N) is 1. The Balaban J connectivity index is 2.97. The fourth-order valence-electron chi connectivity index (χ4n) is 1.31. The fourth-order valence-corrected chi connectivity index (χ4v) is 1.31. The summed E-state index contributed by atoms with van der Waals surface area (Å²) in [6.45, 7) is 7.71. The first-order chi connectivity index (χ1) is 6.81. The van der Waals surface area contributed by atoms with E-state index >= 15 is 0 Å². The van der Waals surface area contributed by atoms with Crippen LogP contribution in [-0.4, -0.2) is 11.4 Å². The first kappa shape index (κ1) is 11.6. The minimum absolute atomic E-state index is 0.0766. The van der Waals surface area contributed by atoms with Gasteiger partial charge in [-0.15, -0.1) is 0 Å². The van der Waals surface area contributed by atoms with Gasteiger partial charge in [0.15, 0.2) is 0 Å². The average Bonchev–Trinajstić information content (AvgIpc) is 2.06. The molecule has 0 aliphatic rings. The van der Waals surface area contributed by atoms with Crippen molar-refractivity contribution >= 4 is 11.6 Å². The number of anilines is 1. The van der Waals surface area contributed by atoms with E-state index in [1.807, 2.05) is 27.7 Å². The van der Waals surface area contributed by atoms with Crippen molar-refractivity contribution in [1.82, 2.24) is 5.32 Å². The van der Waals surface area contributed by atoms with Gasteiger partial charge in [0.05, 0.1) is 0 Å². The van der Waals surface area contributed by atoms with Crippen molar-refractivity contribution in [3.05, 3.63) is 29.3 Å². The lowest BCUT2D eigenvalue weighted by Crippen LogP contribution is -2.40. The summed E-state index contributed by atoms with van der Waals surface area (Å²) in [6, 6.07) is 5.37. The lowest BCUT2D eigenvalue weighted by atomic mass is 10.0. The molecule has 0 radical (unpaired) electrons. The number of hydrogen-bond acceptors (Lipinski definition) is 2. The third-order valence-corrected chi connectivity index (χ3v) is 2.11. The van der Waals surface area contributed by atoms with Crippen molar-refractivity contribution in [2.45, 2.75) is 33.2 Å². The largest absolute Gasteiger partial charge is 0.398 e. The van der Waals surface area contributed by atoms with E-state index in [0.717, 1.165) is 5.56 Å². The summed E-state index contributed by atoms with van der Waals surface area (Å²) in [7, 11) is 0. The number of carbonyl (C=O) groups is 1. The number of benzene rings is 1. The molecule has 82 valence electrons. The molecule has 15 heavy (non-hydrogen) atoms. The molecule has 0 saturated carbocycles. The van der Waals surface area contributed by atoms with Crippen LogP contribution in [0.25, 0.3) is 0 Å². The summed E-state index contributed by atoms with van der Waals surface area (Å²) in [5, 5.41) is 2.91. The zero-order valence-corrected chi connectivity index (χ0v) is 9.72. The molecule has 0 spiro atoms. The molecule has 0 bridgehead atoms. The van der Waals surface area contributed by atoms with Gasteiger partial charge in [0.1, 0.15) is 0 Å². The molecule has 1 aromatic carbocycles. The highest BCUT2D eigenvalue weighted by Gasteiger charge is 2.17. The molecule has 0 atom stereocenters. The highest BCUT2D eigenvalue weighted by Crippen LogP contribution is 2.16. The summed E-state index contributed by atoms with van der Waals surface area (Å²) >= 11 is 0. The summed E-state index contributed by atoms with van der Waals surface area (Å²) < 4.78 is 0. The second-order valence-corrected chi connectivity index (χ2v) is 4.72. The van der Waals surface area contributed by atoms with Crippen LogP contribution in [0.15, 0.2) is 18.2 Å². The molecule has 0 fully saturated rings. The summed E-state index contributed by atoms with van der Waals surface area (Å²) in [5.74, 6) is -0.0766. The minimum Gasteiger partial charge on any atom is -0.398 e. The van der Waals surface area contributed by atoms with Crippen LogP contribution in [-0.2, 0) is 0 Å². The first-order valence-electron chi connectivity index (χ1n) is 4.99. The molecule has 3 heteroatoms. The van der Waals surface area contributed by atoms with Crippen molar-refractivity contribution in [3.8, 4) is 0 Å². The third kappa shape index (κ3) is 2.98. The van der Waals surface area contributed by atoms with Gasteiger partial charge in [-0.2, -0.15) is 0 Å². The number of nitrogen functional groups attached to an aromatic ring is 1. The lowest BCUT2D eigenvalue weighted by molar-refractivity contribution is 0.0919. The van der Waals surface area contributed by atoms with Crippen LogP contribution in [0.5, 0.6) is 0 Å². The molecule has 0 aliphatic carbocycles. The Hall–Kier alpha value is -1.51. The van der Waals surface area contributed by atoms with Gasteiger partial charge >= 0.3 is 0 Å². The number of amides is 1. The molecule has 1 rings (SSSR count). The van der Waals surface area contributed by atoms with Gasteiger partial charge in [0.25, 0.3) is 5.91 Å². The summed E-state index contributed by atoms with van der Waals surface area (Å²) in [5.41, 5.74) is 7.64. The zero-order chi connectivity index (χ0) is 11.6. The first-order valence-corrected chi connectivity index (χ1v) is 4.99. The second kappa shape index (κ2) is 3.93. The van der Waals surface area contributed by atoms with E-state index in [-0.39, 0.29) is 11.4 Å². The van der Waals surface area contributed by atoms with Gasteiger partial charge < -0.3 is 11.1 Å². The van der Waals surface area contributed by atoms with Gasteiger partial charge in [-0.25, -0.2) is 0 Å². The molecule has 0 aromatic heterocycles. The van der Waals surface area contributed by atoms with Gasteiger partial charge in [-0.05, 0) is 45.4 Å². The molecule has 1 aromatic rings. The second-order valence-electron chi connectivity index (χ2n) is 4.72. The van der Waals surface area contributed by atoms with Crippen LogP contribution in [0.3, 0.4) is 0 Å². The predicted octanol–water partition coefficient (Wildman–Crippen LogP) is 2.11. The van der Waals surface area contributed by atoms with Gasteiger partial charge in [-0.1, -0.05) is 6.07 Å². The van der Waals surface area contributed by atoms with Crippen LogP contribution < -0.4 is 11.1 Å². The Labute approximate surface area is 90.7 Å². The van der Waals surface area contributed by atoms with E-state index in [1.165, 1.54) is 0 Å². The van der Waals surface area contributed by atoms with E-state index in [2.05, 4.69) is 5.32 Å². The standard InChI is InChI=1S/C12H18N2O/c1-8-9(6-5-7-10(8)13)11(15)14-12(2,3)4/h5-7H,13H2,1-4H3,(H,14,15). The Morgan fingerprint density at radius 1 is 1.33 bits per heavy atom. The normalized spacial score (nSPS) is 11.2. The van der Waals surface area contributed by atoms with E-state index < -0.39 is 0 Å². The van der Waals surface area contributed by atoms with E-state index in [1.54, 1.807) is 18.2 Å². The SMILES string of the molecule is Cc1c(N)cccc1C(=O)NC(C)(C)C. The molecule has 3 N–H and O–H groups in total. The van der Waals surface area contributed by atoms with Crippen molar-refractivity contribution < 1.29 is 4.79 Å². The molecule has 3 nitrogen and oxygen atoms in total. The maximum atomic E-state index is 11.9. The fraction of sp³-hybridized carbons (Fsp3) is 0.417. The topological polar surface area (TPSA) is 55.1 Å². The smallest absolute Gasteiger partial charge is 0.252 e. The van der Waals surface area contributed by atoms with Crippen molar-refractivity contribution in [3.63, 3.8) is 0 Å². The van der Waals surface area contributed by atoms with Crippen LogP contribution in [0, 0.1) is 6.92 Å². The Kier molecular flexibility index (Phi) is 3.03. The van der Waals surface area contributed by atoms with E-state index in [9.17, 15) is 4.79 Å². The van der Waals surface area contributed by atoms with Crippen molar-refractivity contribution in [2.24, 2.45) is 0 Å². The molecule has 0 heterocycles. The molecule has 0 saturated heterocycles. The summed E-state index contributed by atoms with van der Waals surface area (Å²) in [6.07, 6.45) is 0. The molecule has 1 amide bonds. The Bertz CT molecular complexity index is 378. The predicted molar refractivity (Wildman–Crippen MR) is 62.8 cm³/mol. The number of rotatable bonds is 1. The molecular weight excluding hydrogens is 188 g/mol. The minimum atomic E-state index is -0.228. The Morgan fingerprint density at radius 3 is 2.47 bits per heavy atom. The van der Waals surface area contributed by atoms with E-state index in [4.69, 9.17) is 5.73 Å². The summed E-state index contributed by atoms with van der Waals surface area (Å²) in [4.78, 5) is 11.9.